The number of rotatable bonds is 3. The summed E-state index contributed by atoms with van der Waals surface area (Å²) in [6.45, 7) is 0. The number of nitrogens with one attached hydrogen (secondary N) is 1. The summed E-state index contributed by atoms with van der Waals surface area (Å²) in [6, 6.07) is 9.99. The van der Waals surface area contributed by atoms with E-state index in [0.717, 1.165) is 16.0 Å². The van der Waals surface area contributed by atoms with Gasteiger partial charge >= 0.3 is 6.18 Å². The third kappa shape index (κ3) is 2.87. The number of ether oxygens (including phenoxy) is 1. The lowest BCUT2D eigenvalue weighted by Gasteiger charge is -2.08. The predicted octanol–water partition coefficient (Wildman–Crippen LogP) is 4.05. The highest BCUT2D eigenvalue weighted by molar-refractivity contribution is 5.84. The minimum absolute atomic E-state index is 0.221. The Bertz CT molecular complexity index is 1110. The number of fused-ring (bicyclic) bond motifs is 2. The zero-order valence-electron chi connectivity index (χ0n) is 13.4. The quantitative estimate of drug-likeness (QED) is 0.598. The van der Waals surface area contributed by atoms with Crippen LogP contribution in [0.3, 0.4) is 0 Å². The first-order chi connectivity index (χ1) is 12.4. The third-order valence-electron chi connectivity index (χ3n) is 3.82. The molecule has 0 fully saturated rings. The Morgan fingerprint density at radius 3 is 2.69 bits per heavy atom. The van der Waals surface area contributed by atoms with E-state index in [9.17, 15) is 13.2 Å². The summed E-state index contributed by atoms with van der Waals surface area (Å²) in [5.41, 5.74) is 0.566. The van der Waals surface area contributed by atoms with E-state index < -0.39 is 11.9 Å². The molecule has 0 radical (unpaired) electrons. The van der Waals surface area contributed by atoms with E-state index in [-0.39, 0.29) is 11.3 Å². The van der Waals surface area contributed by atoms with Gasteiger partial charge in [0.05, 0.1) is 12.6 Å². The fourth-order valence-corrected chi connectivity index (χ4v) is 2.58. The molecule has 0 atom stereocenters. The van der Waals surface area contributed by atoms with Crippen LogP contribution in [-0.2, 0) is 6.18 Å². The molecule has 3 heterocycles. The Morgan fingerprint density at radius 1 is 1.12 bits per heavy atom. The summed E-state index contributed by atoms with van der Waals surface area (Å²) in [5.74, 6) is 0.734. The Morgan fingerprint density at radius 2 is 1.92 bits per heavy atom. The Balaban J connectivity index is 1.74. The molecule has 132 valence electrons. The summed E-state index contributed by atoms with van der Waals surface area (Å²) >= 11 is 0. The van der Waals surface area contributed by atoms with Crippen LogP contribution in [0.15, 0.2) is 48.8 Å². The van der Waals surface area contributed by atoms with E-state index in [1.54, 1.807) is 18.2 Å². The molecular weight excluding hydrogens is 347 g/mol. The first-order valence-electron chi connectivity index (χ1n) is 7.57. The van der Waals surface area contributed by atoms with Gasteiger partial charge in [-0.3, -0.25) is 0 Å². The molecule has 4 rings (SSSR count). The number of anilines is 2. The second kappa shape index (κ2) is 5.87. The van der Waals surface area contributed by atoms with Crippen molar-refractivity contribution in [2.75, 3.05) is 12.4 Å². The van der Waals surface area contributed by atoms with Gasteiger partial charge in [-0.15, -0.1) is 0 Å². The van der Waals surface area contributed by atoms with Crippen LogP contribution in [0.25, 0.3) is 16.4 Å². The van der Waals surface area contributed by atoms with Crippen LogP contribution in [-0.4, -0.2) is 26.7 Å². The van der Waals surface area contributed by atoms with Crippen LogP contribution in [0.5, 0.6) is 5.88 Å². The largest absolute Gasteiger partial charge is 0.481 e. The van der Waals surface area contributed by atoms with Crippen molar-refractivity contribution in [2.24, 2.45) is 0 Å². The van der Waals surface area contributed by atoms with Crippen molar-refractivity contribution in [3.63, 3.8) is 0 Å². The maximum absolute atomic E-state index is 12.9. The fraction of sp³-hybridized carbons (Fsp3) is 0.118. The standard InChI is InChI=1S/C17H12F3N5O/c1-26-15-5-3-10-2-4-11(8-12(10)23-15)22-16-13-9-14(17(18,19)20)24-25(13)7-6-21-16/h2-9H,1H3,(H,21,22). The predicted molar refractivity (Wildman–Crippen MR) is 89.6 cm³/mol. The summed E-state index contributed by atoms with van der Waals surface area (Å²) in [6.07, 6.45) is -1.78. The zero-order valence-corrected chi connectivity index (χ0v) is 13.4. The van der Waals surface area contributed by atoms with Gasteiger partial charge in [0, 0.05) is 35.6 Å². The highest BCUT2D eigenvalue weighted by atomic mass is 19.4. The minimum atomic E-state index is -4.52. The lowest BCUT2D eigenvalue weighted by molar-refractivity contribution is -0.141. The maximum atomic E-state index is 12.9. The number of hydrogen-bond donors (Lipinski definition) is 1. The molecule has 1 N–H and O–H groups in total. The van der Waals surface area contributed by atoms with Crippen molar-refractivity contribution in [1.82, 2.24) is 19.6 Å². The van der Waals surface area contributed by atoms with Gasteiger partial charge in [-0.1, -0.05) is 6.07 Å². The monoisotopic (exact) mass is 359 g/mol. The van der Waals surface area contributed by atoms with E-state index in [0.29, 0.717) is 17.1 Å². The van der Waals surface area contributed by atoms with Crippen molar-refractivity contribution in [3.8, 4) is 5.88 Å². The normalized spacial score (nSPS) is 11.8. The molecule has 6 nitrogen and oxygen atoms in total. The number of hydrogen-bond acceptors (Lipinski definition) is 5. The first-order valence-corrected chi connectivity index (χ1v) is 7.57. The Hall–Kier alpha value is -3.36. The van der Waals surface area contributed by atoms with Gasteiger partial charge in [0.1, 0.15) is 5.52 Å². The number of nitrogens with zero attached hydrogens (tertiary/aromatic N) is 4. The molecule has 0 unspecified atom stereocenters. The molecule has 0 aliphatic rings. The molecule has 0 saturated carbocycles. The molecule has 3 aromatic heterocycles. The SMILES string of the molecule is COc1ccc2ccc(Nc3nccn4nc(C(F)(F)F)cc34)cc2n1. The smallest absolute Gasteiger partial charge is 0.435 e. The van der Waals surface area contributed by atoms with Gasteiger partial charge in [-0.2, -0.15) is 18.3 Å². The lowest BCUT2D eigenvalue weighted by atomic mass is 10.2. The van der Waals surface area contributed by atoms with Crippen LogP contribution >= 0.6 is 0 Å². The van der Waals surface area contributed by atoms with E-state index in [4.69, 9.17) is 4.74 Å². The van der Waals surface area contributed by atoms with Crippen LogP contribution in [0.1, 0.15) is 5.69 Å². The van der Waals surface area contributed by atoms with E-state index in [2.05, 4.69) is 20.4 Å². The fourth-order valence-electron chi connectivity index (χ4n) is 2.58. The average Bonchev–Trinajstić information content (AvgIpc) is 3.07. The van der Waals surface area contributed by atoms with Gasteiger partial charge in [-0.25, -0.2) is 14.5 Å². The maximum Gasteiger partial charge on any atom is 0.435 e. The zero-order chi connectivity index (χ0) is 18.3. The summed E-state index contributed by atoms with van der Waals surface area (Å²) < 4.78 is 44.9. The van der Waals surface area contributed by atoms with Crippen LogP contribution in [0.4, 0.5) is 24.7 Å². The van der Waals surface area contributed by atoms with Gasteiger partial charge in [0.15, 0.2) is 11.5 Å². The molecule has 9 heteroatoms. The molecule has 0 saturated heterocycles. The Labute approximate surface area is 145 Å². The van der Waals surface area contributed by atoms with Crippen LogP contribution in [0, 0.1) is 0 Å². The molecular formula is C17H12F3N5O. The highest BCUT2D eigenvalue weighted by Gasteiger charge is 2.34. The van der Waals surface area contributed by atoms with Gasteiger partial charge in [-0.05, 0) is 18.2 Å². The van der Waals surface area contributed by atoms with Gasteiger partial charge in [0.2, 0.25) is 5.88 Å². The van der Waals surface area contributed by atoms with Crippen molar-refractivity contribution in [2.45, 2.75) is 6.18 Å². The minimum Gasteiger partial charge on any atom is -0.481 e. The van der Waals surface area contributed by atoms with Crippen LogP contribution < -0.4 is 10.1 Å². The second-order valence-corrected chi connectivity index (χ2v) is 5.52. The molecule has 0 aliphatic carbocycles. The number of alkyl halides is 3. The molecule has 0 bridgehead atoms. The number of halogens is 3. The number of benzene rings is 1. The number of aromatic nitrogens is 4. The van der Waals surface area contributed by atoms with Crippen molar-refractivity contribution in [1.29, 1.82) is 0 Å². The molecule has 26 heavy (non-hydrogen) atoms. The Kier molecular flexibility index (Phi) is 3.64. The van der Waals surface area contributed by atoms with E-state index in [1.165, 1.54) is 19.5 Å². The molecule has 0 amide bonds. The van der Waals surface area contributed by atoms with Crippen LogP contribution in [0.2, 0.25) is 0 Å². The molecule has 4 aromatic rings. The van der Waals surface area contributed by atoms with Crippen molar-refractivity contribution >= 4 is 27.9 Å². The van der Waals surface area contributed by atoms with Gasteiger partial charge < -0.3 is 10.1 Å². The topological polar surface area (TPSA) is 64.3 Å². The van der Waals surface area contributed by atoms with E-state index >= 15 is 0 Å². The molecule has 1 aromatic carbocycles. The van der Waals surface area contributed by atoms with Crippen molar-refractivity contribution in [3.05, 3.63) is 54.5 Å². The van der Waals surface area contributed by atoms with Gasteiger partial charge in [0.25, 0.3) is 0 Å². The summed E-state index contributed by atoms with van der Waals surface area (Å²) in [4.78, 5) is 8.47. The average molecular weight is 359 g/mol. The highest BCUT2D eigenvalue weighted by Crippen LogP contribution is 2.31. The van der Waals surface area contributed by atoms with Crippen molar-refractivity contribution < 1.29 is 17.9 Å². The second-order valence-electron chi connectivity index (χ2n) is 5.52. The number of methoxy groups -OCH3 is 1. The molecule has 0 aliphatic heterocycles. The number of pyridine rings is 1. The van der Waals surface area contributed by atoms with E-state index in [1.807, 2.05) is 12.1 Å². The first kappa shape index (κ1) is 16.1. The lowest BCUT2D eigenvalue weighted by Crippen LogP contribution is -2.05. The molecule has 0 spiro atoms. The summed E-state index contributed by atoms with van der Waals surface area (Å²) in [7, 11) is 1.53. The third-order valence-corrected chi connectivity index (χ3v) is 3.82. The summed E-state index contributed by atoms with van der Waals surface area (Å²) in [5, 5.41) is 7.47.